The Bertz CT molecular complexity index is 1150. The molecular formula is C32H43N3O2. The lowest BCUT2D eigenvalue weighted by atomic mass is 10.1. The molecule has 0 fully saturated rings. The van der Waals surface area contributed by atoms with E-state index in [4.69, 9.17) is 0 Å². The van der Waals surface area contributed by atoms with Gasteiger partial charge in [-0.05, 0) is 62.4 Å². The summed E-state index contributed by atoms with van der Waals surface area (Å²) in [4.78, 5) is 30.7. The fourth-order valence-electron chi connectivity index (χ4n) is 4.40. The summed E-state index contributed by atoms with van der Waals surface area (Å²) in [6.45, 7) is 13.2. The number of hydrogen-bond donors (Lipinski definition) is 0. The van der Waals surface area contributed by atoms with Gasteiger partial charge in [0.15, 0.2) is 0 Å². The minimum atomic E-state index is -0.0766. The van der Waals surface area contributed by atoms with Gasteiger partial charge in [0.2, 0.25) is 5.91 Å². The first kappa shape index (κ1) is 28.2. The lowest BCUT2D eigenvalue weighted by molar-refractivity contribution is -0.132. The summed E-state index contributed by atoms with van der Waals surface area (Å²) in [6, 6.07) is 20.3. The van der Waals surface area contributed by atoms with Crippen LogP contribution < -0.4 is 0 Å². The molecule has 3 rings (SSSR count). The number of aryl methyl sites for hydroxylation is 2. The normalized spacial score (nSPS) is 11.1. The van der Waals surface area contributed by atoms with Crippen LogP contribution in [-0.4, -0.2) is 45.8 Å². The van der Waals surface area contributed by atoms with Gasteiger partial charge < -0.3 is 14.4 Å². The average molecular weight is 502 g/mol. The van der Waals surface area contributed by atoms with Crippen LogP contribution in [0.25, 0.3) is 0 Å². The summed E-state index contributed by atoms with van der Waals surface area (Å²) >= 11 is 0. The smallest absolute Gasteiger partial charge is 0.254 e. The van der Waals surface area contributed by atoms with Crippen molar-refractivity contribution in [1.82, 2.24) is 14.4 Å². The van der Waals surface area contributed by atoms with Crippen LogP contribution in [0.5, 0.6) is 0 Å². The Morgan fingerprint density at radius 2 is 1.65 bits per heavy atom. The number of aromatic nitrogens is 1. The van der Waals surface area contributed by atoms with Gasteiger partial charge in [-0.15, -0.1) is 0 Å². The number of amides is 2. The SMILES string of the molecule is CCCCN(Cc1cccn1Cc1cccc(C)c1)C(=O)CN(CCC(C)C)C(=O)c1ccc(C)cc1. The lowest BCUT2D eigenvalue weighted by Crippen LogP contribution is -2.44. The molecule has 1 aromatic heterocycles. The molecule has 0 unspecified atom stereocenters. The first-order valence-electron chi connectivity index (χ1n) is 13.6. The fourth-order valence-corrected chi connectivity index (χ4v) is 4.40. The zero-order valence-electron chi connectivity index (χ0n) is 23.2. The van der Waals surface area contributed by atoms with Crippen molar-refractivity contribution in [1.29, 1.82) is 0 Å². The van der Waals surface area contributed by atoms with Crippen LogP contribution >= 0.6 is 0 Å². The number of nitrogens with zero attached hydrogens (tertiary/aromatic N) is 3. The summed E-state index contributed by atoms with van der Waals surface area (Å²) < 4.78 is 2.22. The highest BCUT2D eigenvalue weighted by Gasteiger charge is 2.23. The van der Waals surface area contributed by atoms with Gasteiger partial charge in [0.25, 0.3) is 5.91 Å². The van der Waals surface area contributed by atoms with Gasteiger partial charge in [-0.1, -0.05) is 74.7 Å². The molecule has 0 N–H and O–H groups in total. The van der Waals surface area contributed by atoms with E-state index >= 15 is 0 Å². The van der Waals surface area contributed by atoms with Gasteiger partial charge in [-0.25, -0.2) is 0 Å². The van der Waals surface area contributed by atoms with Crippen LogP contribution in [0.15, 0.2) is 66.9 Å². The number of rotatable bonds is 13. The standard InChI is InChI=1S/C32H43N3O2/c1-6-7-18-34(23-30-12-9-19-33(30)22-28-11-8-10-27(5)21-28)31(36)24-35(20-17-25(2)3)32(37)29-15-13-26(4)14-16-29/h8-16,19,21,25H,6-7,17-18,20,22-24H2,1-5H3. The highest BCUT2D eigenvalue weighted by Crippen LogP contribution is 2.15. The molecule has 3 aromatic rings. The van der Waals surface area contributed by atoms with Crippen molar-refractivity contribution >= 4 is 11.8 Å². The largest absolute Gasteiger partial charge is 0.345 e. The Morgan fingerprint density at radius 1 is 0.892 bits per heavy atom. The van der Waals surface area contributed by atoms with Gasteiger partial charge in [-0.3, -0.25) is 9.59 Å². The van der Waals surface area contributed by atoms with Crippen LogP contribution in [0.2, 0.25) is 0 Å². The second-order valence-electron chi connectivity index (χ2n) is 10.6. The second kappa shape index (κ2) is 13.8. The molecule has 0 atom stereocenters. The molecule has 0 aliphatic heterocycles. The molecule has 5 nitrogen and oxygen atoms in total. The van der Waals surface area contributed by atoms with Crippen LogP contribution in [0.3, 0.4) is 0 Å². The van der Waals surface area contributed by atoms with Crippen molar-refractivity contribution in [3.63, 3.8) is 0 Å². The molecule has 2 aromatic carbocycles. The number of carbonyl (C=O) groups excluding carboxylic acids is 2. The molecule has 0 saturated heterocycles. The highest BCUT2D eigenvalue weighted by atomic mass is 16.2. The maximum Gasteiger partial charge on any atom is 0.254 e. The van der Waals surface area contributed by atoms with Gasteiger partial charge >= 0.3 is 0 Å². The maximum atomic E-state index is 13.7. The van der Waals surface area contributed by atoms with Crippen LogP contribution in [-0.2, 0) is 17.9 Å². The number of hydrogen-bond acceptors (Lipinski definition) is 2. The molecule has 5 heteroatoms. The van der Waals surface area contributed by atoms with Gasteiger partial charge in [0.1, 0.15) is 6.54 Å². The summed E-state index contributed by atoms with van der Waals surface area (Å²) in [5, 5.41) is 0. The van der Waals surface area contributed by atoms with Crippen LogP contribution in [0.1, 0.15) is 72.8 Å². The molecule has 1 heterocycles. The van der Waals surface area contributed by atoms with E-state index in [2.05, 4.69) is 68.8 Å². The van der Waals surface area contributed by atoms with Crippen molar-refractivity contribution in [3.8, 4) is 0 Å². The van der Waals surface area contributed by atoms with Crippen molar-refractivity contribution in [2.75, 3.05) is 19.6 Å². The minimum absolute atomic E-state index is 0.000901. The topological polar surface area (TPSA) is 45.6 Å². The molecule has 0 spiro atoms. The molecule has 0 radical (unpaired) electrons. The number of unbranched alkanes of at least 4 members (excludes halogenated alkanes) is 1. The minimum Gasteiger partial charge on any atom is -0.345 e. The number of benzene rings is 2. The van der Waals surface area contributed by atoms with E-state index in [9.17, 15) is 9.59 Å². The summed E-state index contributed by atoms with van der Waals surface area (Å²) in [7, 11) is 0. The molecule has 2 amide bonds. The zero-order valence-corrected chi connectivity index (χ0v) is 23.2. The second-order valence-corrected chi connectivity index (χ2v) is 10.6. The Balaban J connectivity index is 1.77. The Morgan fingerprint density at radius 3 is 2.32 bits per heavy atom. The van der Waals surface area contributed by atoms with Gasteiger partial charge in [0, 0.05) is 37.1 Å². The van der Waals surface area contributed by atoms with Crippen molar-refractivity contribution < 1.29 is 9.59 Å². The average Bonchev–Trinajstić information content (AvgIpc) is 3.30. The molecule has 0 aliphatic carbocycles. The van der Waals surface area contributed by atoms with Gasteiger partial charge in [0.05, 0.1) is 6.54 Å². The first-order valence-corrected chi connectivity index (χ1v) is 13.6. The fraction of sp³-hybridized carbons (Fsp3) is 0.438. The van der Waals surface area contributed by atoms with Crippen LogP contribution in [0, 0.1) is 19.8 Å². The van der Waals surface area contributed by atoms with Crippen molar-refractivity contribution in [3.05, 3.63) is 94.8 Å². The highest BCUT2D eigenvalue weighted by molar-refractivity contribution is 5.96. The third kappa shape index (κ3) is 8.63. The van der Waals surface area contributed by atoms with E-state index in [0.29, 0.717) is 31.1 Å². The third-order valence-electron chi connectivity index (χ3n) is 6.73. The predicted octanol–water partition coefficient (Wildman–Crippen LogP) is 6.47. The summed E-state index contributed by atoms with van der Waals surface area (Å²) in [6.07, 6.45) is 4.88. The van der Waals surface area contributed by atoms with E-state index in [1.807, 2.05) is 42.2 Å². The quantitative estimate of drug-likeness (QED) is 0.269. The van der Waals surface area contributed by atoms with E-state index in [1.54, 1.807) is 4.90 Å². The molecule has 0 saturated carbocycles. The Kier molecular flexibility index (Phi) is 10.6. The molecule has 0 aliphatic rings. The van der Waals surface area contributed by atoms with Crippen LogP contribution in [0.4, 0.5) is 0 Å². The van der Waals surface area contributed by atoms with Crippen molar-refractivity contribution in [2.45, 2.75) is 67.0 Å². The number of carbonyl (C=O) groups is 2. The van der Waals surface area contributed by atoms with Gasteiger partial charge in [-0.2, -0.15) is 0 Å². The van der Waals surface area contributed by atoms with E-state index in [-0.39, 0.29) is 18.4 Å². The predicted molar refractivity (Wildman–Crippen MR) is 152 cm³/mol. The molecular weight excluding hydrogens is 458 g/mol. The molecule has 198 valence electrons. The summed E-state index contributed by atoms with van der Waals surface area (Å²) in [5.74, 6) is 0.373. The molecule has 0 bridgehead atoms. The molecule has 37 heavy (non-hydrogen) atoms. The van der Waals surface area contributed by atoms with E-state index in [0.717, 1.165) is 37.1 Å². The Hall–Kier alpha value is -3.34. The maximum absolute atomic E-state index is 13.7. The van der Waals surface area contributed by atoms with Crippen molar-refractivity contribution in [2.24, 2.45) is 5.92 Å². The summed E-state index contributed by atoms with van der Waals surface area (Å²) in [5.41, 5.74) is 5.33. The Labute approximate surface area is 223 Å². The lowest BCUT2D eigenvalue weighted by Gasteiger charge is -2.29. The zero-order chi connectivity index (χ0) is 26.8. The van der Waals surface area contributed by atoms with E-state index < -0.39 is 0 Å². The van der Waals surface area contributed by atoms with E-state index in [1.165, 1.54) is 11.1 Å². The monoisotopic (exact) mass is 501 g/mol. The third-order valence-corrected chi connectivity index (χ3v) is 6.73. The first-order chi connectivity index (χ1) is 17.8.